The van der Waals surface area contributed by atoms with E-state index in [1.54, 1.807) is 40.3 Å². The number of halogens is 1. The average Bonchev–Trinajstić information content (AvgIpc) is 3.00. The first kappa shape index (κ1) is 20.9. The molecule has 0 aliphatic rings. The summed E-state index contributed by atoms with van der Waals surface area (Å²) in [5.74, 6) is 5.86. The maximum Gasteiger partial charge on any atom is 0.272 e. The molecule has 0 spiro atoms. The molecule has 0 saturated carbocycles. The molecule has 0 aliphatic heterocycles. The zero-order valence-corrected chi connectivity index (χ0v) is 17.2. The number of hydrogen-bond donors (Lipinski definition) is 1. The second-order valence-corrected chi connectivity index (χ2v) is 8.90. The van der Waals surface area contributed by atoms with Gasteiger partial charge in [-0.1, -0.05) is 58.0 Å². The monoisotopic (exact) mass is 430 g/mol. The van der Waals surface area contributed by atoms with E-state index < -0.39 is 10.1 Å². The van der Waals surface area contributed by atoms with Crippen LogP contribution in [0.1, 0.15) is 16.1 Å². The molecule has 29 heavy (non-hydrogen) atoms. The van der Waals surface area contributed by atoms with Crippen molar-refractivity contribution in [1.29, 1.82) is 0 Å². The van der Waals surface area contributed by atoms with E-state index in [9.17, 15) is 17.4 Å². The van der Waals surface area contributed by atoms with Crippen molar-refractivity contribution in [2.24, 2.45) is 0 Å². The van der Waals surface area contributed by atoms with Crippen LogP contribution < -0.4 is 10.5 Å². The fourth-order valence-corrected chi connectivity index (χ4v) is 4.23. The highest BCUT2D eigenvalue weighted by Crippen LogP contribution is 2.21. The number of nitrogens with zero attached hydrogens (tertiary/aromatic N) is 1. The van der Waals surface area contributed by atoms with Crippen LogP contribution in [0.4, 0.5) is 4.39 Å². The fraction of sp³-hybridized carbons (Fsp3) is 0.0952. The van der Waals surface area contributed by atoms with Gasteiger partial charge in [0, 0.05) is 6.07 Å². The number of hydrogen-bond acceptors (Lipinski definition) is 5. The third-order valence-electron chi connectivity index (χ3n) is 4.20. The van der Waals surface area contributed by atoms with Gasteiger partial charge in [-0.2, -0.15) is 0 Å². The minimum atomic E-state index is -4.27. The lowest BCUT2D eigenvalue weighted by Gasteiger charge is -2.05. The standard InChI is InChI=1S/C14H12FN2S.C7H8O3S/c15-11-7-5-10(6-8-11)9-14-17(16)12-3-1-2-4-13(12)18-14;1-6-2-4-7(5-3-6)11(8,9)10/h1-8H,9,16H2;2-5H,1H3,(H,8,9,10)/q+1;/p-1. The first-order valence-corrected chi connectivity index (χ1v) is 10.9. The molecule has 0 amide bonds. The number of benzene rings is 3. The molecule has 0 bridgehead atoms. The van der Waals surface area contributed by atoms with Crippen molar-refractivity contribution in [3.63, 3.8) is 0 Å². The van der Waals surface area contributed by atoms with Gasteiger partial charge in [-0.25, -0.2) is 18.7 Å². The lowest BCUT2D eigenvalue weighted by atomic mass is 10.1. The lowest BCUT2D eigenvalue weighted by molar-refractivity contribution is -0.614. The summed E-state index contributed by atoms with van der Waals surface area (Å²) in [6, 6.07) is 20.3. The van der Waals surface area contributed by atoms with Crippen molar-refractivity contribution in [3.8, 4) is 0 Å². The number of nitrogens with two attached hydrogens (primary N) is 1. The Bertz CT molecular complexity index is 1220. The summed E-state index contributed by atoms with van der Waals surface area (Å²) in [6.45, 7) is 1.82. The van der Waals surface area contributed by atoms with Crippen LogP contribution in [0.15, 0.2) is 77.7 Å². The summed E-state index contributed by atoms with van der Waals surface area (Å²) in [6.07, 6.45) is 0.718. The molecule has 0 unspecified atom stereocenters. The molecule has 150 valence electrons. The van der Waals surface area contributed by atoms with Crippen LogP contribution in [-0.4, -0.2) is 13.0 Å². The number of rotatable bonds is 3. The van der Waals surface area contributed by atoms with Crippen LogP contribution in [0.5, 0.6) is 0 Å². The molecule has 8 heteroatoms. The minimum absolute atomic E-state index is 0.178. The number of nitrogen functional groups attached to an aromatic ring is 1. The second-order valence-electron chi connectivity index (χ2n) is 6.40. The summed E-state index contributed by atoms with van der Waals surface area (Å²) in [4.78, 5) is -0.178. The molecular formula is C21H19FN2O3S2. The highest BCUT2D eigenvalue weighted by atomic mass is 32.2. The Morgan fingerprint density at radius 1 is 1.00 bits per heavy atom. The first-order chi connectivity index (χ1) is 13.7. The van der Waals surface area contributed by atoms with Crippen LogP contribution in [-0.2, 0) is 16.5 Å². The molecule has 3 aromatic carbocycles. The molecule has 0 atom stereocenters. The van der Waals surface area contributed by atoms with Crippen molar-refractivity contribution in [2.75, 3.05) is 5.84 Å². The third kappa shape index (κ3) is 5.38. The van der Waals surface area contributed by atoms with E-state index in [-0.39, 0.29) is 10.7 Å². The Balaban J connectivity index is 0.000000188. The van der Waals surface area contributed by atoms with Crippen LogP contribution >= 0.6 is 11.3 Å². The molecule has 0 radical (unpaired) electrons. The number of aromatic nitrogens is 1. The summed E-state index contributed by atoms with van der Waals surface area (Å²) in [5.41, 5.74) is 3.01. The molecule has 1 heterocycles. The van der Waals surface area contributed by atoms with Crippen molar-refractivity contribution in [1.82, 2.24) is 0 Å². The van der Waals surface area contributed by atoms with Gasteiger partial charge >= 0.3 is 0 Å². The zero-order chi connectivity index (χ0) is 21.0. The van der Waals surface area contributed by atoms with Crippen LogP contribution in [0.25, 0.3) is 10.2 Å². The summed E-state index contributed by atoms with van der Waals surface area (Å²) in [5, 5.41) is 1.06. The van der Waals surface area contributed by atoms with Gasteiger partial charge in [0.2, 0.25) is 0 Å². The number of thiazole rings is 1. The molecule has 4 rings (SSSR count). The molecule has 0 saturated heterocycles. The molecular weight excluding hydrogens is 411 g/mol. The first-order valence-electron chi connectivity index (χ1n) is 8.68. The largest absolute Gasteiger partial charge is 0.744 e. The summed E-state index contributed by atoms with van der Waals surface area (Å²) < 4.78 is 46.9. The third-order valence-corrected chi connectivity index (χ3v) is 6.19. The van der Waals surface area contributed by atoms with Gasteiger partial charge in [0.05, 0.1) is 11.3 Å². The smallest absolute Gasteiger partial charge is 0.272 e. The van der Waals surface area contributed by atoms with Crippen molar-refractivity contribution >= 4 is 31.7 Å². The van der Waals surface area contributed by atoms with Gasteiger partial charge in [0.1, 0.15) is 20.6 Å². The summed E-state index contributed by atoms with van der Waals surface area (Å²) in [7, 11) is -4.27. The molecule has 4 aromatic rings. The molecule has 1 aromatic heterocycles. The number of para-hydroxylation sites is 1. The Labute approximate surface area is 172 Å². The SMILES string of the molecule is Cc1ccc(S(=O)(=O)[O-])cc1.N[n+]1c(Cc2ccc(F)cc2)sc2ccccc21. The molecule has 0 fully saturated rings. The van der Waals surface area contributed by atoms with E-state index in [1.807, 2.05) is 25.1 Å². The van der Waals surface area contributed by atoms with Gasteiger partial charge < -0.3 is 4.55 Å². The number of fused-ring (bicyclic) bond motifs is 1. The highest BCUT2D eigenvalue weighted by Gasteiger charge is 2.18. The van der Waals surface area contributed by atoms with Crippen molar-refractivity contribution in [2.45, 2.75) is 18.2 Å². The van der Waals surface area contributed by atoms with Crippen molar-refractivity contribution in [3.05, 3.63) is 94.7 Å². The van der Waals surface area contributed by atoms with E-state index in [1.165, 1.54) is 24.3 Å². The highest BCUT2D eigenvalue weighted by molar-refractivity contribution is 7.85. The van der Waals surface area contributed by atoms with E-state index in [0.717, 1.165) is 32.8 Å². The average molecular weight is 431 g/mol. The quantitative estimate of drug-likeness (QED) is 0.306. The van der Waals surface area contributed by atoms with E-state index in [2.05, 4.69) is 6.07 Å². The van der Waals surface area contributed by atoms with Gasteiger partial charge in [-0.05, 0) is 42.8 Å². The topological polar surface area (TPSA) is 87.1 Å². The lowest BCUT2D eigenvalue weighted by Crippen LogP contribution is -2.46. The van der Waals surface area contributed by atoms with Crippen molar-refractivity contribution < 1.29 is 22.0 Å². The Kier molecular flexibility index (Phi) is 6.26. The van der Waals surface area contributed by atoms with E-state index in [4.69, 9.17) is 5.84 Å². The Morgan fingerprint density at radius 2 is 1.62 bits per heavy atom. The maximum absolute atomic E-state index is 12.8. The van der Waals surface area contributed by atoms with Gasteiger partial charge in [0.15, 0.2) is 0 Å². The van der Waals surface area contributed by atoms with Crippen LogP contribution in [0.2, 0.25) is 0 Å². The van der Waals surface area contributed by atoms with E-state index >= 15 is 0 Å². The molecule has 5 nitrogen and oxygen atoms in total. The predicted molar refractivity (Wildman–Crippen MR) is 111 cm³/mol. The minimum Gasteiger partial charge on any atom is -0.744 e. The number of aryl methyl sites for hydroxylation is 1. The van der Waals surface area contributed by atoms with Gasteiger partial charge in [-0.3, -0.25) is 0 Å². The van der Waals surface area contributed by atoms with Crippen LogP contribution in [0.3, 0.4) is 0 Å². The Hall–Kier alpha value is -2.81. The second kappa shape index (κ2) is 8.69. The maximum atomic E-state index is 12.8. The van der Waals surface area contributed by atoms with Crippen LogP contribution in [0, 0.1) is 12.7 Å². The van der Waals surface area contributed by atoms with Gasteiger partial charge in [-0.15, -0.1) is 0 Å². The fourth-order valence-electron chi connectivity index (χ4n) is 2.66. The normalized spacial score (nSPS) is 11.1. The molecule has 2 N–H and O–H groups in total. The summed E-state index contributed by atoms with van der Waals surface area (Å²) >= 11 is 1.67. The predicted octanol–water partition coefficient (Wildman–Crippen LogP) is 3.53. The Morgan fingerprint density at radius 3 is 2.21 bits per heavy atom. The van der Waals surface area contributed by atoms with Gasteiger partial charge in [0.25, 0.3) is 10.5 Å². The zero-order valence-electron chi connectivity index (χ0n) is 15.6. The van der Waals surface area contributed by atoms with E-state index in [0.29, 0.717) is 0 Å². The molecule has 0 aliphatic carbocycles.